The van der Waals surface area contributed by atoms with Gasteiger partial charge >= 0.3 is 0 Å². The fourth-order valence-electron chi connectivity index (χ4n) is 2.60. The highest BCUT2D eigenvalue weighted by Gasteiger charge is 2.29. The van der Waals surface area contributed by atoms with Gasteiger partial charge in [-0.1, -0.05) is 59.8 Å². The predicted molar refractivity (Wildman–Crippen MR) is 90.4 cm³/mol. The van der Waals surface area contributed by atoms with Gasteiger partial charge in [0.2, 0.25) is 0 Å². The minimum Gasteiger partial charge on any atom is -0.511 e. The molecular weight excluding hydrogens is 316 g/mol. The molecule has 0 aromatic heterocycles. The molecule has 0 bridgehead atoms. The first-order chi connectivity index (χ1) is 10.6. The SMILES string of the molecule is O=C1CC(c2ccccc2)CC(O)=C1Sc1cccc(Cl)c1. The summed E-state index contributed by atoms with van der Waals surface area (Å²) in [5, 5.41) is 10.9. The summed E-state index contributed by atoms with van der Waals surface area (Å²) in [4.78, 5) is 13.7. The van der Waals surface area contributed by atoms with Gasteiger partial charge < -0.3 is 5.11 Å². The van der Waals surface area contributed by atoms with Gasteiger partial charge in [-0.3, -0.25) is 4.79 Å². The van der Waals surface area contributed by atoms with E-state index < -0.39 is 0 Å². The van der Waals surface area contributed by atoms with E-state index in [-0.39, 0.29) is 17.5 Å². The average Bonchev–Trinajstić information content (AvgIpc) is 2.52. The lowest BCUT2D eigenvalue weighted by atomic mass is 9.86. The summed E-state index contributed by atoms with van der Waals surface area (Å²) in [6, 6.07) is 17.2. The van der Waals surface area contributed by atoms with E-state index in [1.807, 2.05) is 42.5 Å². The van der Waals surface area contributed by atoms with Crippen LogP contribution < -0.4 is 0 Å². The maximum Gasteiger partial charge on any atom is 0.173 e. The normalized spacial score (nSPS) is 18.6. The number of allylic oxidation sites excluding steroid dienone is 2. The molecule has 1 aliphatic rings. The number of carbonyl (C=O) groups is 1. The van der Waals surface area contributed by atoms with E-state index in [2.05, 4.69) is 0 Å². The number of Topliss-reactive ketones (excluding diaryl/α,β-unsaturated/α-hetero) is 1. The van der Waals surface area contributed by atoms with Crippen molar-refractivity contribution in [1.82, 2.24) is 0 Å². The zero-order valence-corrected chi connectivity index (χ0v) is 13.4. The second kappa shape index (κ2) is 6.59. The summed E-state index contributed by atoms with van der Waals surface area (Å²) in [5.74, 6) is 0.218. The zero-order chi connectivity index (χ0) is 15.5. The van der Waals surface area contributed by atoms with Crippen LogP contribution in [0, 0.1) is 0 Å². The van der Waals surface area contributed by atoms with Crippen molar-refractivity contribution < 1.29 is 9.90 Å². The quantitative estimate of drug-likeness (QED) is 0.824. The van der Waals surface area contributed by atoms with E-state index >= 15 is 0 Å². The summed E-state index contributed by atoms with van der Waals surface area (Å²) < 4.78 is 0. The Bertz CT molecular complexity index is 725. The Kier molecular flexibility index (Phi) is 4.55. The molecule has 1 atom stereocenters. The van der Waals surface area contributed by atoms with Gasteiger partial charge in [-0.05, 0) is 29.7 Å². The third kappa shape index (κ3) is 3.37. The number of halogens is 1. The van der Waals surface area contributed by atoms with E-state index in [0.717, 1.165) is 10.5 Å². The van der Waals surface area contributed by atoms with E-state index in [0.29, 0.717) is 22.8 Å². The lowest BCUT2D eigenvalue weighted by Crippen LogP contribution is -2.16. The standard InChI is InChI=1S/C18H15ClO2S/c19-14-7-4-8-15(11-14)22-18-16(20)9-13(10-17(18)21)12-5-2-1-3-6-12/h1-8,11,13,20H,9-10H2. The van der Waals surface area contributed by atoms with Crippen LogP contribution in [0.4, 0.5) is 0 Å². The van der Waals surface area contributed by atoms with E-state index in [1.54, 1.807) is 12.1 Å². The Hall–Kier alpha value is -1.71. The maximum atomic E-state index is 12.4. The number of hydrogen-bond acceptors (Lipinski definition) is 3. The van der Waals surface area contributed by atoms with Crippen molar-refractivity contribution in [2.75, 3.05) is 0 Å². The number of aliphatic hydroxyl groups excluding tert-OH is 1. The number of carbonyl (C=O) groups excluding carboxylic acids is 1. The van der Waals surface area contributed by atoms with Crippen LogP contribution in [-0.4, -0.2) is 10.9 Å². The van der Waals surface area contributed by atoms with Gasteiger partial charge in [0.05, 0.1) is 4.91 Å². The molecule has 0 amide bonds. The Balaban J connectivity index is 1.82. The third-order valence-electron chi connectivity index (χ3n) is 3.67. The van der Waals surface area contributed by atoms with Crippen molar-refractivity contribution in [1.29, 1.82) is 0 Å². The van der Waals surface area contributed by atoms with Crippen molar-refractivity contribution in [3.63, 3.8) is 0 Å². The molecule has 2 aromatic rings. The largest absolute Gasteiger partial charge is 0.511 e. The molecule has 0 saturated carbocycles. The van der Waals surface area contributed by atoms with Crippen molar-refractivity contribution in [3.8, 4) is 0 Å². The van der Waals surface area contributed by atoms with Crippen LogP contribution in [0.25, 0.3) is 0 Å². The summed E-state index contributed by atoms with van der Waals surface area (Å²) in [7, 11) is 0. The number of hydrogen-bond donors (Lipinski definition) is 1. The molecule has 0 aliphatic heterocycles. The molecule has 0 saturated heterocycles. The first-order valence-electron chi connectivity index (χ1n) is 7.07. The maximum absolute atomic E-state index is 12.4. The van der Waals surface area contributed by atoms with Crippen LogP contribution in [0.2, 0.25) is 5.02 Å². The lowest BCUT2D eigenvalue weighted by molar-refractivity contribution is -0.115. The molecular formula is C18H15ClO2S. The summed E-state index contributed by atoms with van der Waals surface area (Å²) in [6.45, 7) is 0. The van der Waals surface area contributed by atoms with Gasteiger partial charge in [0.1, 0.15) is 5.76 Å². The highest BCUT2D eigenvalue weighted by Crippen LogP contribution is 2.40. The van der Waals surface area contributed by atoms with Gasteiger partial charge in [0, 0.05) is 22.8 Å². The second-order valence-corrected chi connectivity index (χ2v) is 6.79. The van der Waals surface area contributed by atoms with E-state index in [1.165, 1.54) is 11.8 Å². The molecule has 22 heavy (non-hydrogen) atoms. The number of aliphatic hydroxyl groups is 1. The number of rotatable bonds is 3. The van der Waals surface area contributed by atoms with Crippen molar-refractivity contribution in [3.05, 3.63) is 75.8 Å². The molecule has 4 heteroatoms. The first-order valence-corrected chi connectivity index (χ1v) is 8.26. The summed E-state index contributed by atoms with van der Waals surface area (Å²) in [5.41, 5.74) is 1.09. The third-order valence-corrected chi connectivity index (χ3v) is 5.07. The minimum atomic E-state index is -0.0115. The molecule has 0 spiro atoms. The molecule has 1 unspecified atom stereocenters. The van der Waals surface area contributed by atoms with Gasteiger partial charge in [-0.2, -0.15) is 0 Å². The predicted octanol–water partition coefficient (Wildman–Crippen LogP) is 5.35. The number of ketones is 1. The summed E-state index contributed by atoms with van der Waals surface area (Å²) >= 11 is 7.25. The molecule has 112 valence electrons. The first kappa shape index (κ1) is 15.2. The molecule has 0 heterocycles. The summed E-state index contributed by atoms with van der Waals surface area (Å²) in [6.07, 6.45) is 0.926. The molecule has 1 aliphatic carbocycles. The lowest BCUT2D eigenvalue weighted by Gasteiger charge is -2.23. The van der Waals surface area contributed by atoms with Crippen LogP contribution in [0.3, 0.4) is 0 Å². The van der Waals surface area contributed by atoms with Crippen LogP contribution in [0.1, 0.15) is 24.3 Å². The Morgan fingerprint density at radius 3 is 2.50 bits per heavy atom. The monoisotopic (exact) mass is 330 g/mol. The molecule has 0 fully saturated rings. The van der Waals surface area contributed by atoms with Crippen molar-refractivity contribution in [2.24, 2.45) is 0 Å². The highest BCUT2D eigenvalue weighted by atomic mass is 35.5. The fourth-order valence-corrected chi connectivity index (χ4v) is 3.82. The molecule has 0 radical (unpaired) electrons. The minimum absolute atomic E-state index is 0.0115. The topological polar surface area (TPSA) is 37.3 Å². The van der Waals surface area contributed by atoms with E-state index in [9.17, 15) is 9.90 Å². The number of benzene rings is 2. The Morgan fingerprint density at radius 2 is 1.82 bits per heavy atom. The van der Waals surface area contributed by atoms with Crippen LogP contribution in [-0.2, 0) is 4.79 Å². The van der Waals surface area contributed by atoms with Gasteiger partial charge in [-0.25, -0.2) is 0 Å². The molecule has 2 nitrogen and oxygen atoms in total. The second-order valence-electron chi connectivity index (χ2n) is 5.27. The van der Waals surface area contributed by atoms with Crippen LogP contribution >= 0.6 is 23.4 Å². The molecule has 3 rings (SSSR count). The number of thioether (sulfide) groups is 1. The van der Waals surface area contributed by atoms with Crippen LogP contribution in [0.5, 0.6) is 0 Å². The average molecular weight is 331 g/mol. The van der Waals surface area contributed by atoms with Gasteiger partial charge in [-0.15, -0.1) is 0 Å². The van der Waals surface area contributed by atoms with E-state index in [4.69, 9.17) is 11.6 Å². The molecule has 2 aromatic carbocycles. The Morgan fingerprint density at radius 1 is 1.05 bits per heavy atom. The smallest absolute Gasteiger partial charge is 0.173 e. The fraction of sp³-hybridized carbons (Fsp3) is 0.167. The molecule has 1 N–H and O–H groups in total. The van der Waals surface area contributed by atoms with Crippen molar-refractivity contribution in [2.45, 2.75) is 23.7 Å². The zero-order valence-electron chi connectivity index (χ0n) is 11.8. The van der Waals surface area contributed by atoms with Crippen molar-refractivity contribution >= 4 is 29.1 Å². The van der Waals surface area contributed by atoms with Gasteiger partial charge in [0.25, 0.3) is 0 Å². The Labute approximate surface area is 138 Å². The van der Waals surface area contributed by atoms with Gasteiger partial charge in [0.15, 0.2) is 5.78 Å². The van der Waals surface area contributed by atoms with Crippen LogP contribution in [0.15, 0.2) is 70.2 Å². The highest BCUT2D eigenvalue weighted by molar-refractivity contribution is 8.04.